The first-order valence-corrected chi connectivity index (χ1v) is 10.1. The molecule has 3 rings (SSSR count). The highest BCUT2D eigenvalue weighted by atomic mass is 35.5. The number of benzene rings is 2. The van der Waals surface area contributed by atoms with Gasteiger partial charge in [0.25, 0.3) is 0 Å². The van der Waals surface area contributed by atoms with E-state index in [9.17, 15) is 13.2 Å². The lowest BCUT2D eigenvalue weighted by molar-refractivity contribution is -0.113. The van der Waals surface area contributed by atoms with Crippen molar-refractivity contribution < 1.29 is 13.2 Å². The SMILES string of the molecule is NC(=O)C=C(c1ccc(S(=O)(=O)N2CCCC2)cc1)c1ccccc1Cl. The molecule has 5 nitrogen and oxygen atoms in total. The Morgan fingerprint density at radius 2 is 1.65 bits per heavy atom. The van der Waals surface area contributed by atoms with Crippen LogP contribution >= 0.6 is 11.6 Å². The zero-order valence-corrected chi connectivity index (χ0v) is 15.6. The van der Waals surface area contributed by atoms with Gasteiger partial charge in [0.15, 0.2) is 0 Å². The van der Waals surface area contributed by atoms with E-state index in [4.69, 9.17) is 17.3 Å². The fourth-order valence-electron chi connectivity index (χ4n) is 3.02. The maximum Gasteiger partial charge on any atom is 0.243 e. The van der Waals surface area contributed by atoms with Crippen LogP contribution in [0.2, 0.25) is 5.02 Å². The highest BCUT2D eigenvalue weighted by Crippen LogP contribution is 2.30. The summed E-state index contributed by atoms with van der Waals surface area (Å²) in [7, 11) is -3.48. The lowest BCUT2D eigenvalue weighted by Gasteiger charge is -2.16. The summed E-state index contributed by atoms with van der Waals surface area (Å²) in [5, 5.41) is 0.480. The van der Waals surface area contributed by atoms with Crippen LogP contribution < -0.4 is 5.73 Å². The molecule has 0 saturated carbocycles. The predicted molar refractivity (Wildman–Crippen MR) is 102 cm³/mol. The molecule has 1 aliphatic rings. The van der Waals surface area contributed by atoms with Crippen molar-refractivity contribution in [3.05, 3.63) is 70.8 Å². The summed E-state index contributed by atoms with van der Waals surface area (Å²) in [5.41, 5.74) is 7.21. The first-order chi connectivity index (χ1) is 12.4. The molecule has 0 radical (unpaired) electrons. The number of rotatable bonds is 5. The predicted octanol–water partition coefficient (Wildman–Crippen LogP) is 3.04. The number of halogens is 1. The molecule has 0 spiro atoms. The van der Waals surface area contributed by atoms with E-state index in [0.717, 1.165) is 12.8 Å². The lowest BCUT2D eigenvalue weighted by Crippen LogP contribution is -2.27. The first-order valence-electron chi connectivity index (χ1n) is 8.26. The van der Waals surface area contributed by atoms with E-state index < -0.39 is 15.9 Å². The second kappa shape index (κ2) is 7.61. The molecule has 1 fully saturated rings. The van der Waals surface area contributed by atoms with Crippen molar-refractivity contribution >= 4 is 33.1 Å². The smallest absolute Gasteiger partial charge is 0.243 e. The normalized spacial score (nSPS) is 16.0. The zero-order chi connectivity index (χ0) is 18.7. The highest BCUT2D eigenvalue weighted by molar-refractivity contribution is 7.89. The third-order valence-corrected chi connectivity index (χ3v) is 6.56. The number of hydrogen-bond acceptors (Lipinski definition) is 3. The summed E-state index contributed by atoms with van der Waals surface area (Å²) in [4.78, 5) is 11.7. The van der Waals surface area contributed by atoms with Crippen LogP contribution in [0.4, 0.5) is 0 Å². The molecule has 2 N–H and O–H groups in total. The molecule has 1 saturated heterocycles. The van der Waals surface area contributed by atoms with Crippen LogP contribution in [0, 0.1) is 0 Å². The second-order valence-electron chi connectivity index (χ2n) is 6.08. The summed E-state index contributed by atoms with van der Waals surface area (Å²) in [6, 6.07) is 13.5. The summed E-state index contributed by atoms with van der Waals surface area (Å²) < 4.78 is 26.8. The molecule has 2 aromatic carbocycles. The van der Waals surface area contributed by atoms with Crippen molar-refractivity contribution in [2.75, 3.05) is 13.1 Å². The third kappa shape index (κ3) is 3.82. The molecule has 0 bridgehead atoms. The van der Waals surface area contributed by atoms with Gasteiger partial charge in [-0.25, -0.2) is 8.42 Å². The number of nitrogens with zero attached hydrogens (tertiary/aromatic N) is 1. The summed E-state index contributed by atoms with van der Waals surface area (Å²) in [6.07, 6.45) is 3.07. The minimum absolute atomic E-state index is 0.237. The van der Waals surface area contributed by atoms with Crippen molar-refractivity contribution in [3.63, 3.8) is 0 Å². The molecular formula is C19H19ClN2O3S. The Hall–Kier alpha value is -2.15. The van der Waals surface area contributed by atoms with E-state index in [0.29, 0.717) is 34.8 Å². The van der Waals surface area contributed by atoms with Crippen molar-refractivity contribution in [1.29, 1.82) is 0 Å². The molecule has 26 heavy (non-hydrogen) atoms. The summed E-state index contributed by atoms with van der Waals surface area (Å²) in [6.45, 7) is 1.10. The fraction of sp³-hybridized carbons (Fsp3) is 0.211. The monoisotopic (exact) mass is 390 g/mol. The molecule has 0 unspecified atom stereocenters. The summed E-state index contributed by atoms with van der Waals surface area (Å²) in [5.74, 6) is -0.603. The van der Waals surface area contributed by atoms with Crippen molar-refractivity contribution in [2.45, 2.75) is 17.7 Å². The molecule has 136 valence electrons. The van der Waals surface area contributed by atoms with Crippen LogP contribution in [0.1, 0.15) is 24.0 Å². The average Bonchev–Trinajstić information content (AvgIpc) is 3.16. The Labute approximate surface area is 158 Å². The van der Waals surface area contributed by atoms with Crippen molar-refractivity contribution in [3.8, 4) is 0 Å². The molecular weight excluding hydrogens is 372 g/mol. The number of hydrogen-bond donors (Lipinski definition) is 1. The molecule has 0 atom stereocenters. The van der Waals surface area contributed by atoms with E-state index in [2.05, 4.69) is 0 Å². The van der Waals surface area contributed by atoms with Gasteiger partial charge in [0.05, 0.1) is 4.90 Å². The molecule has 7 heteroatoms. The van der Waals surface area contributed by atoms with Gasteiger partial charge in [0.1, 0.15) is 0 Å². The van der Waals surface area contributed by atoms with E-state index >= 15 is 0 Å². The molecule has 2 aromatic rings. The lowest BCUT2D eigenvalue weighted by atomic mass is 9.97. The summed E-state index contributed by atoms with van der Waals surface area (Å²) >= 11 is 6.25. The van der Waals surface area contributed by atoms with Gasteiger partial charge in [-0.1, -0.05) is 41.9 Å². The number of carbonyl (C=O) groups is 1. The van der Waals surface area contributed by atoms with E-state index in [1.165, 1.54) is 10.4 Å². The van der Waals surface area contributed by atoms with Gasteiger partial charge in [0, 0.05) is 29.8 Å². The van der Waals surface area contributed by atoms with Gasteiger partial charge < -0.3 is 5.73 Å². The van der Waals surface area contributed by atoms with Crippen LogP contribution in [-0.4, -0.2) is 31.7 Å². The number of primary amides is 1. The number of nitrogens with two attached hydrogens (primary N) is 1. The largest absolute Gasteiger partial charge is 0.366 e. The average molecular weight is 391 g/mol. The van der Waals surface area contributed by atoms with Gasteiger partial charge in [-0.3, -0.25) is 4.79 Å². The van der Waals surface area contributed by atoms with Crippen molar-refractivity contribution in [2.24, 2.45) is 5.73 Å². The van der Waals surface area contributed by atoms with Gasteiger partial charge >= 0.3 is 0 Å². The molecule has 1 aliphatic heterocycles. The number of carbonyl (C=O) groups excluding carboxylic acids is 1. The van der Waals surface area contributed by atoms with E-state index in [-0.39, 0.29) is 4.90 Å². The maximum atomic E-state index is 12.6. The van der Waals surface area contributed by atoms with Crippen molar-refractivity contribution in [1.82, 2.24) is 4.31 Å². The Morgan fingerprint density at radius 1 is 1.04 bits per heavy atom. The van der Waals surface area contributed by atoms with Gasteiger partial charge in [-0.2, -0.15) is 4.31 Å². The minimum Gasteiger partial charge on any atom is -0.366 e. The Kier molecular flexibility index (Phi) is 5.46. The highest BCUT2D eigenvalue weighted by Gasteiger charge is 2.27. The Morgan fingerprint density at radius 3 is 2.23 bits per heavy atom. The fourth-order valence-corrected chi connectivity index (χ4v) is 4.78. The standard InChI is InChI=1S/C19H19ClN2O3S/c20-18-6-2-1-5-16(18)17(13-19(21)23)14-7-9-15(10-8-14)26(24,25)22-11-3-4-12-22/h1-2,5-10,13H,3-4,11-12H2,(H2,21,23). The van der Waals surface area contributed by atoms with Crippen LogP contribution in [0.25, 0.3) is 5.57 Å². The van der Waals surface area contributed by atoms with E-state index in [1.54, 1.807) is 42.5 Å². The van der Waals surface area contributed by atoms with Gasteiger partial charge in [-0.05, 0) is 42.2 Å². The topological polar surface area (TPSA) is 80.5 Å². The number of amides is 1. The third-order valence-electron chi connectivity index (χ3n) is 4.32. The minimum atomic E-state index is -3.48. The van der Waals surface area contributed by atoms with Gasteiger partial charge in [-0.15, -0.1) is 0 Å². The molecule has 1 amide bonds. The van der Waals surface area contributed by atoms with E-state index in [1.807, 2.05) is 6.07 Å². The van der Waals surface area contributed by atoms with Crippen LogP contribution in [0.15, 0.2) is 59.5 Å². The maximum absolute atomic E-state index is 12.6. The van der Waals surface area contributed by atoms with Gasteiger partial charge in [0.2, 0.25) is 15.9 Å². The number of sulfonamides is 1. The Bertz CT molecular complexity index is 947. The van der Waals surface area contributed by atoms with Crippen LogP contribution in [0.3, 0.4) is 0 Å². The molecule has 0 aliphatic carbocycles. The zero-order valence-electron chi connectivity index (χ0n) is 14.1. The molecule has 0 aromatic heterocycles. The Balaban J connectivity index is 2.00. The quantitative estimate of drug-likeness (QED) is 0.797. The first kappa shape index (κ1) is 18.6. The van der Waals surface area contributed by atoms with Crippen LogP contribution in [-0.2, 0) is 14.8 Å². The molecule has 1 heterocycles. The second-order valence-corrected chi connectivity index (χ2v) is 8.42. The van der Waals surface area contributed by atoms with Crippen LogP contribution in [0.5, 0.6) is 0 Å².